The molecule has 10 heteroatoms. The molecule has 2 heterocycles. The Balaban J connectivity index is 0.000000469. The van der Waals surface area contributed by atoms with Crippen LogP contribution in [0, 0.1) is 0 Å². The molecule has 3 rings (SSSR count). The molecule has 0 spiro atoms. The lowest BCUT2D eigenvalue weighted by Crippen LogP contribution is -2.50. The molecular weight excluding hydrogens is 394 g/mol. The fourth-order valence-electron chi connectivity index (χ4n) is 3.33. The summed E-state index contributed by atoms with van der Waals surface area (Å²) in [5.74, 6) is -2.65. The molecular formula is C20H29N3O7. The Morgan fingerprint density at radius 2 is 1.80 bits per heavy atom. The van der Waals surface area contributed by atoms with Gasteiger partial charge >= 0.3 is 11.9 Å². The van der Waals surface area contributed by atoms with Crippen molar-refractivity contribution in [2.45, 2.75) is 18.9 Å². The van der Waals surface area contributed by atoms with Crippen LogP contribution < -0.4 is 15.0 Å². The van der Waals surface area contributed by atoms with Gasteiger partial charge in [-0.25, -0.2) is 9.59 Å². The van der Waals surface area contributed by atoms with E-state index in [0.717, 1.165) is 57.1 Å². The molecule has 0 aromatic heterocycles. The molecule has 2 aliphatic rings. The summed E-state index contributed by atoms with van der Waals surface area (Å²) >= 11 is 0. The topological polar surface area (TPSA) is 129 Å². The van der Waals surface area contributed by atoms with E-state index in [2.05, 4.69) is 21.2 Å². The number of methoxy groups -OCH3 is 1. The zero-order chi connectivity index (χ0) is 21.9. The second kappa shape index (κ2) is 12.0. The fraction of sp³-hybridized carbons (Fsp3) is 0.550. The van der Waals surface area contributed by atoms with Gasteiger partial charge in [-0.3, -0.25) is 9.69 Å². The van der Waals surface area contributed by atoms with Crippen LogP contribution >= 0.6 is 0 Å². The number of para-hydroxylation sites is 2. The summed E-state index contributed by atoms with van der Waals surface area (Å²) in [5.41, 5.74) is 1.13. The monoisotopic (exact) mass is 423 g/mol. The van der Waals surface area contributed by atoms with Crippen molar-refractivity contribution in [3.8, 4) is 5.75 Å². The number of benzene rings is 1. The smallest absolute Gasteiger partial charge is 0.414 e. The zero-order valence-electron chi connectivity index (χ0n) is 17.1. The molecule has 2 saturated heterocycles. The number of carbonyl (C=O) groups is 3. The van der Waals surface area contributed by atoms with Gasteiger partial charge in [0.25, 0.3) is 0 Å². The highest BCUT2D eigenvalue weighted by Gasteiger charge is 2.22. The van der Waals surface area contributed by atoms with Gasteiger partial charge < -0.3 is 29.9 Å². The van der Waals surface area contributed by atoms with Gasteiger partial charge in [0.15, 0.2) is 0 Å². The second-order valence-corrected chi connectivity index (χ2v) is 6.98. The van der Waals surface area contributed by atoms with Crippen LogP contribution in [0.1, 0.15) is 12.8 Å². The van der Waals surface area contributed by atoms with Gasteiger partial charge in [-0.05, 0) is 25.0 Å². The number of hydrogen-bond acceptors (Lipinski definition) is 7. The molecule has 0 saturated carbocycles. The maximum Gasteiger partial charge on any atom is 0.414 e. The highest BCUT2D eigenvalue weighted by Crippen LogP contribution is 2.28. The summed E-state index contributed by atoms with van der Waals surface area (Å²) in [6.45, 7) is 5.49. The van der Waals surface area contributed by atoms with Crippen molar-refractivity contribution in [1.29, 1.82) is 0 Å². The summed E-state index contributed by atoms with van der Waals surface area (Å²) in [7, 11) is 1.70. The van der Waals surface area contributed by atoms with Crippen LogP contribution in [0.15, 0.2) is 24.3 Å². The minimum absolute atomic E-state index is 0.0937. The predicted octanol–water partition coefficient (Wildman–Crippen LogP) is 0.268. The van der Waals surface area contributed by atoms with Crippen molar-refractivity contribution in [3.05, 3.63) is 24.3 Å². The fourth-order valence-corrected chi connectivity index (χ4v) is 3.33. The van der Waals surface area contributed by atoms with Gasteiger partial charge in [0, 0.05) is 39.3 Å². The molecule has 1 amide bonds. The third-order valence-corrected chi connectivity index (χ3v) is 4.90. The summed E-state index contributed by atoms with van der Waals surface area (Å²) in [6.07, 6.45) is 2.36. The van der Waals surface area contributed by atoms with Crippen molar-refractivity contribution >= 4 is 23.5 Å². The quantitative estimate of drug-likeness (QED) is 0.552. The molecule has 30 heavy (non-hydrogen) atoms. The normalized spacial score (nSPS) is 18.8. The SMILES string of the molecule is COc1ccccc1N1CCN(CC(=O)NCC2CCCO2)CC1.O=C(O)C(=O)O. The Bertz CT molecular complexity index is 702. The van der Waals surface area contributed by atoms with Crippen molar-refractivity contribution in [2.24, 2.45) is 0 Å². The number of carboxylic acids is 2. The molecule has 166 valence electrons. The van der Waals surface area contributed by atoms with Crippen LogP contribution in [0.4, 0.5) is 5.69 Å². The van der Waals surface area contributed by atoms with Crippen LogP contribution in [0.2, 0.25) is 0 Å². The number of amides is 1. The largest absolute Gasteiger partial charge is 0.495 e. The Morgan fingerprint density at radius 1 is 1.13 bits per heavy atom. The van der Waals surface area contributed by atoms with Gasteiger partial charge in [0.05, 0.1) is 25.4 Å². The molecule has 2 fully saturated rings. The molecule has 0 aliphatic carbocycles. The van der Waals surface area contributed by atoms with Gasteiger partial charge in [0.1, 0.15) is 5.75 Å². The van der Waals surface area contributed by atoms with E-state index < -0.39 is 11.9 Å². The molecule has 1 atom stereocenters. The number of carbonyl (C=O) groups excluding carboxylic acids is 1. The number of nitrogens with zero attached hydrogens (tertiary/aromatic N) is 2. The molecule has 2 aliphatic heterocycles. The highest BCUT2D eigenvalue weighted by molar-refractivity contribution is 6.27. The standard InChI is InChI=1S/C18H27N3O3.C2H2O4/c1-23-17-7-3-2-6-16(17)21-10-8-20(9-11-21)14-18(22)19-13-15-5-4-12-24-15;3-1(4)2(5)6/h2-3,6-7,15H,4-5,8-14H2,1H3,(H,19,22);(H,3,4)(H,5,6). The van der Waals surface area contributed by atoms with E-state index in [0.29, 0.717) is 13.1 Å². The first-order valence-electron chi connectivity index (χ1n) is 9.85. The van der Waals surface area contributed by atoms with Crippen LogP contribution in [-0.2, 0) is 19.1 Å². The highest BCUT2D eigenvalue weighted by atomic mass is 16.5. The number of ether oxygens (including phenoxy) is 2. The number of nitrogens with one attached hydrogen (secondary N) is 1. The first-order chi connectivity index (χ1) is 14.4. The number of anilines is 1. The Morgan fingerprint density at radius 3 is 2.37 bits per heavy atom. The first-order valence-corrected chi connectivity index (χ1v) is 9.85. The van der Waals surface area contributed by atoms with Gasteiger partial charge in [-0.1, -0.05) is 12.1 Å². The molecule has 1 aromatic rings. The molecule has 1 unspecified atom stereocenters. The summed E-state index contributed by atoms with van der Waals surface area (Å²) in [5, 5.41) is 17.8. The van der Waals surface area contributed by atoms with E-state index in [1.165, 1.54) is 0 Å². The van der Waals surface area contributed by atoms with Crippen LogP contribution in [0.3, 0.4) is 0 Å². The third kappa shape index (κ3) is 7.53. The van der Waals surface area contributed by atoms with E-state index in [1.807, 2.05) is 18.2 Å². The molecule has 10 nitrogen and oxygen atoms in total. The minimum atomic E-state index is -1.82. The van der Waals surface area contributed by atoms with E-state index in [4.69, 9.17) is 29.3 Å². The number of carboxylic acid groups (broad SMARTS) is 2. The molecule has 0 bridgehead atoms. The predicted molar refractivity (Wildman–Crippen MR) is 109 cm³/mol. The van der Waals surface area contributed by atoms with E-state index >= 15 is 0 Å². The maximum absolute atomic E-state index is 12.1. The third-order valence-electron chi connectivity index (χ3n) is 4.90. The van der Waals surface area contributed by atoms with Crippen molar-refractivity contribution in [1.82, 2.24) is 10.2 Å². The maximum atomic E-state index is 12.1. The molecule has 3 N–H and O–H groups in total. The summed E-state index contributed by atoms with van der Waals surface area (Å²) < 4.78 is 11.0. The van der Waals surface area contributed by atoms with Gasteiger partial charge in [-0.2, -0.15) is 0 Å². The zero-order valence-corrected chi connectivity index (χ0v) is 17.1. The average Bonchev–Trinajstić information content (AvgIpc) is 3.27. The molecule has 0 radical (unpaired) electrons. The van der Waals surface area contributed by atoms with Crippen LogP contribution in [0.5, 0.6) is 5.75 Å². The van der Waals surface area contributed by atoms with Crippen molar-refractivity contribution < 1.29 is 34.1 Å². The minimum Gasteiger partial charge on any atom is -0.495 e. The summed E-state index contributed by atoms with van der Waals surface area (Å²) in [6, 6.07) is 8.09. The van der Waals surface area contributed by atoms with Crippen LogP contribution in [0.25, 0.3) is 0 Å². The van der Waals surface area contributed by atoms with Crippen molar-refractivity contribution in [2.75, 3.05) is 57.9 Å². The van der Waals surface area contributed by atoms with Crippen molar-refractivity contribution in [3.63, 3.8) is 0 Å². The Labute approximate surface area is 175 Å². The summed E-state index contributed by atoms with van der Waals surface area (Å²) in [4.78, 5) is 34.8. The number of hydrogen-bond donors (Lipinski definition) is 3. The van der Waals surface area contributed by atoms with Gasteiger partial charge in [0.2, 0.25) is 5.91 Å². The lowest BCUT2D eigenvalue weighted by molar-refractivity contribution is -0.159. The lowest BCUT2D eigenvalue weighted by Gasteiger charge is -2.36. The van der Waals surface area contributed by atoms with E-state index in [9.17, 15) is 4.79 Å². The lowest BCUT2D eigenvalue weighted by atomic mass is 10.2. The van der Waals surface area contributed by atoms with Gasteiger partial charge in [-0.15, -0.1) is 0 Å². The van der Waals surface area contributed by atoms with Crippen LogP contribution in [-0.4, -0.2) is 92.0 Å². The average molecular weight is 423 g/mol. The van der Waals surface area contributed by atoms with E-state index in [-0.39, 0.29) is 12.0 Å². The Hall–Kier alpha value is -2.85. The number of aliphatic carboxylic acids is 2. The number of piperazine rings is 1. The van der Waals surface area contributed by atoms with E-state index in [1.54, 1.807) is 7.11 Å². The first kappa shape index (κ1) is 23.4. The Kier molecular flexibility index (Phi) is 9.36. The second-order valence-electron chi connectivity index (χ2n) is 6.98. The molecule has 1 aromatic carbocycles. The number of rotatable bonds is 6.